The minimum absolute atomic E-state index is 0.0663. The maximum absolute atomic E-state index is 10.1. The predicted molar refractivity (Wildman–Crippen MR) is 38.7 cm³/mol. The Morgan fingerprint density at radius 2 is 2.67 bits per heavy atom. The Morgan fingerprint density at radius 1 is 1.92 bits per heavy atom. The van der Waals surface area contributed by atoms with Gasteiger partial charge in [0, 0.05) is 0 Å². The van der Waals surface area contributed by atoms with Crippen LogP contribution in [0.1, 0.15) is 11.7 Å². The molecule has 0 aliphatic carbocycles. The molecule has 1 aromatic heterocycles. The Balaban J connectivity index is 2.29. The van der Waals surface area contributed by atoms with Crippen LogP contribution in [0.25, 0.3) is 0 Å². The zero-order valence-corrected chi connectivity index (χ0v) is 6.53. The van der Waals surface area contributed by atoms with Crippen LogP contribution in [0.4, 0.5) is 4.79 Å². The summed E-state index contributed by atoms with van der Waals surface area (Å²) < 4.78 is 5.04. The number of carbonyl (C=O) groups excluding carboxylic acids is 1. The Kier molecular flexibility index (Phi) is 2.65. The van der Waals surface area contributed by atoms with Crippen molar-refractivity contribution in [2.45, 2.75) is 13.5 Å². The lowest BCUT2D eigenvalue weighted by Gasteiger charge is -1.98. The number of oxazole rings is 1. The minimum atomic E-state index is -0.752. The van der Waals surface area contributed by atoms with E-state index in [4.69, 9.17) is 10.2 Å². The third-order valence-electron chi connectivity index (χ3n) is 1.04. The molecule has 2 amide bonds. The molecular formula is C6H9N3O3. The molecule has 6 nitrogen and oxygen atoms in total. The Morgan fingerprint density at radius 3 is 3.17 bits per heavy atom. The first-order chi connectivity index (χ1) is 5.68. The summed E-state index contributed by atoms with van der Waals surface area (Å²) in [7, 11) is 0. The molecule has 0 saturated carbocycles. The Bertz CT molecular complexity index is 271. The second kappa shape index (κ2) is 3.72. The molecular weight excluding hydrogens is 162 g/mol. The molecule has 3 N–H and O–H groups in total. The lowest BCUT2D eigenvalue weighted by Crippen LogP contribution is -2.29. The molecule has 0 radical (unpaired) electrons. The van der Waals surface area contributed by atoms with Gasteiger partial charge in [-0.2, -0.15) is 0 Å². The number of hydrogen-bond donors (Lipinski definition) is 2. The van der Waals surface area contributed by atoms with E-state index in [0.717, 1.165) is 0 Å². The highest BCUT2D eigenvalue weighted by molar-refractivity contribution is 5.70. The summed E-state index contributed by atoms with van der Waals surface area (Å²) in [4.78, 5) is 18.6. The van der Waals surface area contributed by atoms with E-state index >= 15 is 0 Å². The molecule has 1 aromatic rings. The zero-order valence-electron chi connectivity index (χ0n) is 6.53. The number of nitrogens with zero attached hydrogens (tertiary/aromatic N) is 1. The smallest absolute Gasteiger partial charge is 0.336 e. The summed E-state index contributed by atoms with van der Waals surface area (Å²) in [5.74, 6) is 1.08. The van der Waals surface area contributed by atoms with E-state index in [0.29, 0.717) is 11.7 Å². The fraction of sp³-hybridized carbons (Fsp3) is 0.333. The maximum Gasteiger partial charge on any atom is 0.336 e. The maximum atomic E-state index is 10.1. The van der Waals surface area contributed by atoms with Gasteiger partial charge in [0.15, 0.2) is 6.61 Å². The largest absolute Gasteiger partial charge is 0.443 e. The van der Waals surface area contributed by atoms with Crippen LogP contribution >= 0.6 is 0 Å². The molecule has 0 atom stereocenters. The molecule has 0 unspecified atom stereocenters. The number of hydroxylamine groups is 1. The second-order valence-electron chi connectivity index (χ2n) is 2.12. The first-order valence-electron chi connectivity index (χ1n) is 3.27. The molecule has 66 valence electrons. The average Bonchev–Trinajstić information content (AvgIpc) is 2.35. The van der Waals surface area contributed by atoms with Gasteiger partial charge in [-0.15, -0.1) is 0 Å². The molecule has 12 heavy (non-hydrogen) atoms. The zero-order chi connectivity index (χ0) is 8.97. The Hall–Kier alpha value is -1.56. The molecule has 1 rings (SSSR count). The summed E-state index contributed by atoms with van der Waals surface area (Å²) in [6.45, 7) is 1.83. The van der Waals surface area contributed by atoms with Crippen molar-refractivity contribution in [2.75, 3.05) is 0 Å². The third-order valence-corrected chi connectivity index (χ3v) is 1.04. The van der Waals surface area contributed by atoms with Gasteiger partial charge in [-0.25, -0.2) is 15.3 Å². The second-order valence-corrected chi connectivity index (χ2v) is 2.12. The molecule has 0 aromatic carbocycles. The van der Waals surface area contributed by atoms with Crippen LogP contribution in [0.5, 0.6) is 0 Å². The van der Waals surface area contributed by atoms with Gasteiger partial charge < -0.3 is 10.2 Å². The first-order valence-corrected chi connectivity index (χ1v) is 3.27. The van der Waals surface area contributed by atoms with Crippen molar-refractivity contribution in [3.8, 4) is 0 Å². The van der Waals surface area contributed by atoms with Gasteiger partial charge in [-0.05, 0) is 6.92 Å². The van der Waals surface area contributed by atoms with Crippen molar-refractivity contribution < 1.29 is 14.0 Å². The standard InChI is InChI=1S/C6H9N3O3/c1-4-2-8-5(12-4)3-11-9-6(7)10/h2H,3H2,1H3,(H3,7,9,10). The van der Waals surface area contributed by atoms with E-state index in [1.807, 2.05) is 5.48 Å². The lowest BCUT2D eigenvalue weighted by atomic mass is 10.6. The van der Waals surface area contributed by atoms with Gasteiger partial charge in [0.2, 0.25) is 5.89 Å². The van der Waals surface area contributed by atoms with E-state index in [9.17, 15) is 4.79 Å². The minimum Gasteiger partial charge on any atom is -0.443 e. The van der Waals surface area contributed by atoms with Crippen LogP contribution in [-0.4, -0.2) is 11.0 Å². The van der Waals surface area contributed by atoms with Gasteiger partial charge in [-0.3, -0.25) is 4.84 Å². The monoisotopic (exact) mass is 171 g/mol. The normalized spacial score (nSPS) is 9.75. The van der Waals surface area contributed by atoms with Crippen molar-refractivity contribution in [2.24, 2.45) is 5.73 Å². The Labute approximate surface area is 68.7 Å². The molecule has 1 heterocycles. The fourth-order valence-electron chi connectivity index (χ4n) is 0.637. The number of aromatic nitrogens is 1. The third kappa shape index (κ3) is 2.59. The number of aryl methyl sites for hydroxylation is 1. The van der Waals surface area contributed by atoms with Gasteiger partial charge in [0.1, 0.15) is 5.76 Å². The van der Waals surface area contributed by atoms with Crippen molar-refractivity contribution in [1.82, 2.24) is 10.5 Å². The molecule has 0 aliphatic heterocycles. The quantitative estimate of drug-likeness (QED) is 0.630. The summed E-state index contributed by atoms with van der Waals surface area (Å²) >= 11 is 0. The number of carbonyl (C=O) groups is 1. The number of nitrogens with two attached hydrogens (primary N) is 1. The van der Waals surface area contributed by atoms with E-state index in [1.54, 1.807) is 13.1 Å². The van der Waals surface area contributed by atoms with Crippen LogP contribution in [0.2, 0.25) is 0 Å². The number of hydrogen-bond acceptors (Lipinski definition) is 4. The summed E-state index contributed by atoms with van der Waals surface area (Å²) in [5, 5.41) is 0. The van der Waals surface area contributed by atoms with Crippen molar-refractivity contribution in [3.63, 3.8) is 0 Å². The molecule has 0 bridgehead atoms. The number of urea groups is 1. The summed E-state index contributed by atoms with van der Waals surface area (Å²) in [6.07, 6.45) is 1.56. The first kappa shape index (κ1) is 8.54. The predicted octanol–water partition coefficient (Wildman–Crippen LogP) is 0.0829. The van der Waals surface area contributed by atoms with E-state index in [1.165, 1.54) is 0 Å². The van der Waals surface area contributed by atoms with Crippen LogP contribution in [0, 0.1) is 6.92 Å². The molecule has 6 heteroatoms. The fourth-order valence-corrected chi connectivity index (χ4v) is 0.637. The highest BCUT2D eigenvalue weighted by Crippen LogP contribution is 2.01. The van der Waals surface area contributed by atoms with E-state index in [2.05, 4.69) is 9.82 Å². The summed E-state index contributed by atoms with van der Waals surface area (Å²) in [5.41, 5.74) is 6.68. The van der Waals surface area contributed by atoms with Crippen LogP contribution in [0.15, 0.2) is 10.6 Å². The van der Waals surface area contributed by atoms with Crippen molar-refractivity contribution in [3.05, 3.63) is 17.8 Å². The van der Waals surface area contributed by atoms with Gasteiger partial charge in [-0.1, -0.05) is 0 Å². The molecule has 0 saturated heterocycles. The number of amides is 2. The average molecular weight is 171 g/mol. The van der Waals surface area contributed by atoms with Crippen LogP contribution < -0.4 is 11.2 Å². The molecule has 0 aliphatic rings. The van der Waals surface area contributed by atoms with Crippen LogP contribution in [0.3, 0.4) is 0 Å². The van der Waals surface area contributed by atoms with Gasteiger partial charge in [0.25, 0.3) is 0 Å². The van der Waals surface area contributed by atoms with E-state index in [-0.39, 0.29) is 6.61 Å². The van der Waals surface area contributed by atoms with E-state index < -0.39 is 6.03 Å². The van der Waals surface area contributed by atoms with Crippen molar-refractivity contribution >= 4 is 6.03 Å². The number of primary amides is 1. The van der Waals surface area contributed by atoms with Gasteiger partial charge >= 0.3 is 6.03 Å². The molecule has 0 fully saturated rings. The van der Waals surface area contributed by atoms with Gasteiger partial charge in [0.05, 0.1) is 6.20 Å². The number of rotatable bonds is 3. The topological polar surface area (TPSA) is 90.4 Å². The highest BCUT2D eigenvalue weighted by Gasteiger charge is 2.00. The summed E-state index contributed by atoms with van der Waals surface area (Å²) in [6, 6.07) is -0.752. The van der Waals surface area contributed by atoms with Crippen LogP contribution in [-0.2, 0) is 11.4 Å². The lowest BCUT2D eigenvalue weighted by molar-refractivity contribution is 0.0393. The number of nitrogens with one attached hydrogen (secondary N) is 1. The SMILES string of the molecule is Cc1cnc(CONC(N)=O)o1. The van der Waals surface area contributed by atoms with Crippen molar-refractivity contribution in [1.29, 1.82) is 0 Å². The molecule has 0 spiro atoms. The highest BCUT2D eigenvalue weighted by atomic mass is 16.7.